The van der Waals surface area contributed by atoms with Gasteiger partial charge in [0, 0.05) is 0 Å². The van der Waals surface area contributed by atoms with Gasteiger partial charge in [0.05, 0.1) is 0 Å². The molecule has 0 atom stereocenters. The lowest BCUT2D eigenvalue weighted by Crippen LogP contribution is -2.32. The molecule has 3 aromatic rings. The summed E-state index contributed by atoms with van der Waals surface area (Å²) in [5.41, 5.74) is 6.33. The predicted molar refractivity (Wildman–Crippen MR) is 124 cm³/mol. The van der Waals surface area contributed by atoms with Crippen molar-refractivity contribution >= 4 is 34.0 Å². The number of aryl methyl sites for hydroxylation is 1. The highest BCUT2D eigenvalue weighted by atomic mass is 35.7. The Morgan fingerprint density at radius 2 is 1.04 bits per heavy atom. The maximum atomic E-state index is 6.30. The average molecular weight is 413 g/mol. The normalized spacial score (nSPS) is 11.6. The van der Waals surface area contributed by atoms with Crippen molar-refractivity contribution < 1.29 is 0 Å². The molecule has 3 heteroatoms. The van der Waals surface area contributed by atoms with Gasteiger partial charge in [-0.3, -0.25) is 0 Å². The van der Waals surface area contributed by atoms with Crippen LogP contribution in [0.2, 0.25) is 6.55 Å². The lowest BCUT2D eigenvalue weighted by atomic mass is 9.98. The fourth-order valence-electron chi connectivity index (χ4n) is 3.25. The summed E-state index contributed by atoms with van der Waals surface area (Å²) < 4.78 is 0. The maximum Gasteiger partial charge on any atom is 0.277 e. The SMILES string of the molecule is CCCCCc1ccc(-c2ccc(-c3ccc([Si](C)(Cl)Cl)cc3)cc2)cc1. The van der Waals surface area contributed by atoms with Gasteiger partial charge in [0.25, 0.3) is 6.69 Å². The van der Waals surface area contributed by atoms with E-state index in [0.29, 0.717) is 0 Å². The second kappa shape index (κ2) is 9.10. The van der Waals surface area contributed by atoms with E-state index in [-0.39, 0.29) is 0 Å². The molecule has 0 aliphatic carbocycles. The van der Waals surface area contributed by atoms with E-state index in [1.807, 2.05) is 18.7 Å². The molecule has 0 spiro atoms. The van der Waals surface area contributed by atoms with Gasteiger partial charge < -0.3 is 0 Å². The molecule has 0 radical (unpaired) electrons. The summed E-state index contributed by atoms with van der Waals surface area (Å²) in [4.78, 5) is 0. The number of halogens is 2. The van der Waals surface area contributed by atoms with Crippen molar-refractivity contribution in [2.75, 3.05) is 0 Å². The van der Waals surface area contributed by atoms with Gasteiger partial charge in [-0.1, -0.05) is 92.6 Å². The second-order valence-electron chi connectivity index (χ2n) is 7.20. The first-order chi connectivity index (χ1) is 13.0. The van der Waals surface area contributed by atoms with Crippen molar-refractivity contribution in [2.45, 2.75) is 39.2 Å². The number of benzene rings is 3. The van der Waals surface area contributed by atoms with Gasteiger partial charge >= 0.3 is 0 Å². The van der Waals surface area contributed by atoms with Crippen LogP contribution in [-0.2, 0) is 6.42 Å². The van der Waals surface area contributed by atoms with Crippen molar-refractivity contribution in [1.82, 2.24) is 0 Å². The van der Waals surface area contributed by atoms with Gasteiger partial charge in [-0.05, 0) is 52.4 Å². The molecular formula is C24H26Cl2Si. The summed E-state index contributed by atoms with van der Waals surface area (Å²) in [5, 5.41) is 1.05. The average Bonchev–Trinajstić information content (AvgIpc) is 2.68. The van der Waals surface area contributed by atoms with E-state index < -0.39 is 6.69 Å². The van der Waals surface area contributed by atoms with Gasteiger partial charge in [0.1, 0.15) is 0 Å². The lowest BCUT2D eigenvalue weighted by molar-refractivity contribution is 0.717. The van der Waals surface area contributed by atoms with E-state index in [9.17, 15) is 0 Å². The van der Waals surface area contributed by atoms with Crippen molar-refractivity contribution in [3.05, 3.63) is 78.4 Å². The van der Waals surface area contributed by atoms with Crippen LogP contribution in [0.5, 0.6) is 0 Å². The molecule has 0 heterocycles. The molecule has 0 unspecified atom stereocenters. The number of hydrogen-bond acceptors (Lipinski definition) is 0. The molecule has 0 N–H and O–H groups in total. The minimum Gasteiger partial charge on any atom is -0.140 e. The summed E-state index contributed by atoms with van der Waals surface area (Å²) in [7, 11) is 0. The summed E-state index contributed by atoms with van der Waals surface area (Å²) in [6.45, 7) is 1.89. The lowest BCUT2D eigenvalue weighted by Gasteiger charge is -2.11. The van der Waals surface area contributed by atoms with Crippen LogP contribution in [0.1, 0.15) is 31.7 Å². The third kappa shape index (κ3) is 5.48. The molecule has 0 fully saturated rings. The number of hydrogen-bond donors (Lipinski definition) is 0. The monoisotopic (exact) mass is 412 g/mol. The van der Waals surface area contributed by atoms with Crippen LogP contribution < -0.4 is 5.19 Å². The van der Waals surface area contributed by atoms with Gasteiger partial charge in [0.15, 0.2) is 0 Å². The molecule has 3 aromatic carbocycles. The van der Waals surface area contributed by atoms with E-state index in [0.717, 1.165) is 5.19 Å². The first-order valence-electron chi connectivity index (χ1n) is 9.65. The maximum absolute atomic E-state index is 6.30. The standard InChI is InChI=1S/C24H26Cl2Si/c1-3-4-5-6-19-7-9-20(10-8-19)21-11-13-22(14-12-21)23-15-17-24(18-16-23)27(2,25)26/h7-18H,3-6H2,1-2H3. The van der Waals surface area contributed by atoms with Crippen LogP contribution in [0.4, 0.5) is 0 Å². The van der Waals surface area contributed by atoms with Crippen molar-refractivity contribution in [2.24, 2.45) is 0 Å². The fraction of sp³-hybridized carbons (Fsp3) is 0.250. The van der Waals surface area contributed by atoms with Crippen LogP contribution in [0, 0.1) is 0 Å². The predicted octanol–water partition coefficient (Wildman–Crippen LogP) is 7.51. The Morgan fingerprint density at radius 3 is 1.44 bits per heavy atom. The zero-order chi connectivity index (χ0) is 19.3. The van der Waals surface area contributed by atoms with E-state index in [1.165, 1.54) is 53.5 Å². The fourth-order valence-corrected chi connectivity index (χ4v) is 4.76. The first-order valence-corrected chi connectivity index (χ1v) is 14.2. The van der Waals surface area contributed by atoms with E-state index in [1.54, 1.807) is 0 Å². The molecule has 0 aliphatic heterocycles. The van der Waals surface area contributed by atoms with Gasteiger partial charge in [-0.15, -0.1) is 22.2 Å². The third-order valence-corrected chi connectivity index (χ3v) is 7.62. The highest BCUT2D eigenvalue weighted by molar-refractivity contribution is 7.50. The quantitative estimate of drug-likeness (QED) is 0.214. The molecule has 0 aliphatic rings. The van der Waals surface area contributed by atoms with Crippen LogP contribution in [0.15, 0.2) is 72.8 Å². The second-order valence-corrected chi connectivity index (χ2v) is 14.7. The molecular weight excluding hydrogens is 387 g/mol. The zero-order valence-electron chi connectivity index (χ0n) is 16.0. The van der Waals surface area contributed by atoms with Crippen molar-refractivity contribution in [3.8, 4) is 22.3 Å². The van der Waals surface area contributed by atoms with Gasteiger partial charge in [0.2, 0.25) is 0 Å². The van der Waals surface area contributed by atoms with Crippen molar-refractivity contribution in [3.63, 3.8) is 0 Å². The van der Waals surface area contributed by atoms with E-state index in [4.69, 9.17) is 22.2 Å². The van der Waals surface area contributed by atoms with E-state index in [2.05, 4.69) is 67.6 Å². The number of rotatable bonds is 7. The van der Waals surface area contributed by atoms with E-state index >= 15 is 0 Å². The summed E-state index contributed by atoms with van der Waals surface area (Å²) in [5.74, 6) is 0. The zero-order valence-corrected chi connectivity index (χ0v) is 18.5. The van der Waals surface area contributed by atoms with Crippen LogP contribution in [0.3, 0.4) is 0 Å². The minimum atomic E-state index is -2.28. The molecule has 0 aromatic heterocycles. The Balaban J connectivity index is 1.71. The summed E-state index contributed by atoms with van der Waals surface area (Å²) >= 11 is 12.6. The Kier molecular flexibility index (Phi) is 6.81. The third-order valence-electron chi connectivity index (χ3n) is 4.97. The highest BCUT2D eigenvalue weighted by Crippen LogP contribution is 2.26. The Morgan fingerprint density at radius 1 is 0.630 bits per heavy atom. The van der Waals surface area contributed by atoms with Crippen LogP contribution in [-0.4, -0.2) is 6.69 Å². The largest absolute Gasteiger partial charge is 0.277 e. The molecule has 140 valence electrons. The molecule has 3 rings (SSSR count). The smallest absolute Gasteiger partial charge is 0.140 e. The molecule has 0 saturated carbocycles. The Hall–Kier alpha value is -1.54. The van der Waals surface area contributed by atoms with Gasteiger partial charge in [-0.2, -0.15) is 0 Å². The Labute approximate surface area is 173 Å². The molecule has 0 nitrogen and oxygen atoms in total. The summed E-state index contributed by atoms with van der Waals surface area (Å²) in [6.07, 6.45) is 5.03. The van der Waals surface area contributed by atoms with Crippen LogP contribution >= 0.6 is 22.2 Å². The molecule has 27 heavy (non-hydrogen) atoms. The van der Waals surface area contributed by atoms with Gasteiger partial charge in [-0.25, -0.2) is 0 Å². The first kappa shape index (κ1) is 20.2. The molecule has 0 bridgehead atoms. The topological polar surface area (TPSA) is 0 Å². The molecule has 0 amide bonds. The highest BCUT2D eigenvalue weighted by Gasteiger charge is 2.23. The van der Waals surface area contributed by atoms with Crippen LogP contribution in [0.25, 0.3) is 22.3 Å². The Bertz CT molecular complexity index is 845. The summed E-state index contributed by atoms with van der Waals surface area (Å²) in [6, 6.07) is 26.0. The van der Waals surface area contributed by atoms with Crippen molar-refractivity contribution in [1.29, 1.82) is 0 Å². The minimum absolute atomic E-state index is 1.05. The number of unbranched alkanes of at least 4 members (excludes halogenated alkanes) is 2. The molecule has 0 saturated heterocycles.